The zero-order valence-corrected chi connectivity index (χ0v) is 18.9. The summed E-state index contributed by atoms with van der Waals surface area (Å²) in [5.74, 6) is 0.326. The molecular weight excluding hydrogens is 444 g/mol. The van der Waals surface area contributed by atoms with Crippen LogP contribution in [0.2, 0.25) is 5.02 Å². The van der Waals surface area contributed by atoms with E-state index < -0.39 is 15.9 Å². The molecule has 0 radical (unpaired) electrons. The van der Waals surface area contributed by atoms with Crippen LogP contribution in [-0.2, 0) is 19.6 Å². The number of nitrogens with zero attached hydrogens (tertiary/aromatic N) is 1. The van der Waals surface area contributed by atoms with Crippen LogP contribution in [0.3, 0.4) is 0 Å². The molecule has 0 bridgehead atoms. The van der Waals surface area contributed by atoms with Crippen LogP contribution in [0.4, 0.5) is 0 Å². The Morgan fingerprint density at radius 3 is 2.61 bits per heavy atom. The normalized spacial score (nSPS) is 15.8. The SMILES string of the molecule is COc1ccccc1[C@@H](C)NC(=O)COc1ccc(Cl)cc1S(=O)(=O)N1CCOCC1. The summed E-state index contributed by atoms with van der Waals surface area (Å²) < 4.78 is 43.6. The number of hydrogen-bond acceptors (Lipinski definition) is 6. The lowest BCUT2D eigenvalue weighted by Gasteiger charge is -2.27. The summed E-state index contributed by atoms with van der Waals surface area (Å²) >= 11 is 6.04. The largest absolute Gasteiger partial charge is 0.496 e. The first kappa shape index (κ1) is 23.3. The molecule has 1 amide bonds. The molecule has 0 unspecified atom stereocenters. The van der Waals surface area contributed by atoms with Gasteiger partial charge >= 0.3 is 0 Å². The molecule has 1 atom stereocenters. The first-order valence-corrected chi connectivity index (χ1v) is 11.6. The van der Waals surface area contributed by atoms with Crippen molar-refractivity contribution >= 4 is 27.5 Å². The summed E-state index contributed by atoms with van der Waals surface area (Å²) in [6, 6.07) is 11.3. The number of hydrogen-bond donors (Lipinski definition) is 1. The van der Waals surface area contributed by atoms with Crippen molar-refractivity contribution in [1.29, 1.82) is 0 Å². The summed E-state index contributed by atoms with van der Waals surface area (Å²) in [5.41, 5.74) is 0.820. The maximum Gasteiger partial charge on any atom is 0.258 e. The minimum Gasteiger partial charge on any atom is -0.496 e. The van der Waals surface area contributed by atoms with Crippen LogP contribution >= 0.6 is 11.6 Å². The van der Waals surface area contributed by atoms with Gasteiger partial charge in [-0.05, 0) is 31.2 Å². The van der Waals surface area contributed by atoms with Crippen LogP contribution in [0.1, 0.15) is 18.5 Å². The van der Waals surface area contributed by atoms with Crippen molar-refractivity contribution in [2.24, 2.45) is 0 Å². The molecule has 0 aliphatic carbocycles. The highest BCUT2D eigenvalue weighted by atomic mass is 35.5. The summed E-state index contributed by atoms with van der Waals surface area (Å²) in [6.07, 6.45) is 0. The number of sulfonamides is 1. The summed E-state index contributed by atoms with van der Waals surface area (Å²) in [6.45, 7) is 2.59. The maximum absolute atomic E-state index is 13.1. The molecule has 1 aliphatic rings. The van der Waals surface area contributed by atoms with Crippen LogP contribution in [0.15, 0.2) is 47.4 Å². The molecule has 0 spiro atoms. The topological polar surface area (TPSA) is 94.2 Å². The lowest BCUT2D eigenvalue weighted by atomic mass is 10.1. The lowest BCUT2D eigenvalue weighted by Crippen LogP contribution is -2.40. The maximum atomic E-state index is 13.1. The zero-order valence-electron chi connectivity index (χ0n) is 17.3. The average Bonchev–Trinajstić information content (AvgIpc) is 2.78. The van der Waals surface area contributed by atoms with Crippen LogP contribution < -0.4 is 14.8 Å². The molecule has 1 saturated heterocycles. The van der Waals surface area contributed by atoms with Gasteiger partial charge < -0.3 is 19.5 Å². The molecule has 3 rings (SSSR count). The number of ether oxygens (including phenoxy) is 3. The van der Waals surface area contributed by atoms with Gasteiger partial charge in [-0.15, -0.1) is 0 Å². The lowest BCUT2D eigenvalue weighted by molar-refractivity contribution is -0.123. The fraction of sp³-hybridized carbons (Fsp3) is 0.381. The predicted octanol–water partition coefficient (Wildman–Crippen LogP) is 2.63. The van der Waals surface area contributed by atoms with Crippen molar-refractivity contribution in [3.05, 3.63) is 53.1 Å². The minimum absolute atomic E-state index is 0.0657. The molecule has 8 nitrogen and oxygen atoms in total. The fourth-order valence-electron chi connectivity index (χ4n) is 3.26. The Hall–Kier alpha value is -2.33. The molecule has 2 aromatic rings. The first-order valence-electron chi connectivity index (χ1n) is 9.75. The van der Waals surface area contributed by atoms with Crippen molar-refractivity contribution in [2.45, 2.75) is 17.9 Å². The summed E-state index contributed by atoms with van der Waals surface area (Å²) in [4.78, 5) is 12.4. The number of carbonyl (C=O) groups is 1. The molecule has 2 aromatic carbocycles. The van der Waals surface area contributed by atoms with Crippen molar-refractivity contribution in [1.82, 2.24) is 9.62 Å². The molecule has 1 heterocycles. The Kier molecular flexibility index (Phi) is 7.77. The number of amides is 1. The van der Waals surface area contributed by atoms with E-state index in [4.69, 9.17) is 25.8 Å². The Balaban J connectivity index is 1.71. The number of nitrogens with one attached hydrogen (secondary N) is 1. The smallest absolute Gasteiger partial charge is 0.258 e. The Morgan fingerprint density at radius 2 is 1.90 bits per heavy atom. The number of morpholine rings is 1. The van der Waals surface area contributed by atoms with Crippen LogP contribution in [0.25, 0.3) is 0 Å². The van der Waals surface area contributed by atoms with Gasteiger partial charge in [0.25, 0.3) is 5.91 Å². The van der Waals surface area contributed by atoms with Crippen molar-refractivity contribution in [3.63, 3.8) is 0 Å². The molecule has 10 heteroatoms. The second-order valence-corrected chi connectivity index (χ2v) is 9.27. The number of halogens is 1. The molecule has 0 aromatic heterocycles. The van der Waals surface area contributed by atoms with Gasteiger partial charge in [-0.1, -0.05) is 29.8 Å². The van der Waals surface area contributed by atoms with Crippen LogP contribution in [0, 0.1) is 0 Å². The van der Waals surface area contributed by atoms with Gasteiger partial charge in [0.2, 0.25) is 10.0 Å². The van der Waals surface area contributed by atoms with E-state index in [1.165, 1.54) is 22.5 Å². The molecular formula is C21H25ClN2O6S. The van der Waals surface area contributed by atoms with Gasteiger partial charge in [-0.3, -0.25) is 4.79 Å². The number of rotatable bonds is 8. The molecule has 1 aliphatic heterocycles. The minimum atomic E-state index is -3.84. The highest BCUT2D eigenvalue weighted by Gasteiger charge is 2.30. The third-order valence-corrected chi connectivity index (χ3v) is 6.99. The predicted molar refractivity (Wildman–Crippen MR) is 116 cm³/mol. The Labute approximate surface area is 187 Å². The zero-order chi connectivity index (χ0) is 22.4. The summed E-state index contributed by atoms with van der Waals surface area (Å²) in [5, 5.41) is 3.09. The van der Waals surface area contributed by atoms with Crippen LogP contribution in [0.5, 0.6) is 11.5 Å². The van der Waals surface area contributed by atoms with Gasteiger partial charge in [0.1, 0.15) is 16.4 Å². The molecule has 1 N–H and O–H groups in total. The van der Waals surface area contributed by atoms with E-state index in [1.807, 2.05) is 31.2 Å². The van der Waals surface area contributed by atoms with Crippen molar-refractivity contribution in [3.8, 4) is 11.5 Å². The van der Waals surface area contributed by atoms with Gasteiger partial charge in [0.05, 0.1) is 26.4 Å². The quantitative estimate of drug-likeness (QED) is 0.640. The number of para-hydroxylation sites is 1. The monoisotopic (exact) mass is 468 g/mol. The van der Waals surface area contributed by atoms with Gasteiger partial charge in [-0.2, -0.15) is 4.31 Å². The van der Waals surface area contributed by atoms with E-state index in [-0.39, 0.29) is 41.4 Å². The van der Waals surface area contributed by atoms with E-state index in [9.17, 15) is 13.2 Å². The van der Waals surface area contributed by atoms with Gasteiger partial charge in [0, 0.05) is 23.7 Å². The van der Waals surface area contributed by atoms with Gasteiger partial charge in [0.15, 0.2) is 6.61 Å². The molecule has 0 saturated carbocycles. The van der Waals surface area contributed by atoms with E-state index in [0.717, 1.165) is 5.56 Å². The van der Waals surface area contributed by atoms with Crippen molar-refractivity contribution < 1.29 is 27.4 Å². The highest BCUT2D eigenvalue weighted by molar-refractivity contribution is 7.89. The molecule has 168 valence electrons. The second-order valence-electron chi connectivity index (χ2n) is 6.93. The first-order chi connectivity index (χ1) is 14.8. The van der Waals surface area contributed by atoms with E-state index in [1.54, 1.807) is 7.11 Å². The van der Waals surface area contributed by atoms with E-state index in [2.05, 4.69) is 5.32 Å². The third-order valence-electron chi connectivity index (χ3n) is 4.84. The fourth-order valence-corrected chi connectivity index (χ4v) is 5.06. The number of methoxy groups -OCH3 is 1. The second kappa shape index (κ2) is 10.3. The van der Waals surface area contributed by atoms with Crippen molar-refractivity contribution in [2.75, 3.05) is 40.0 Å². The Morgan fingerprint density at radius 1 is 1.19 bits per heavy atom. The molecule has 31 heavy (non-hydrogen) atoms. The van der Waals surface area contributed by atoms with Crippen LogP contribution in [-0.4, -0.2) is 58.7 Å². The molecule has 1 fully saturated rings. The van der Waals surface area contributed by atoms with E-state index in [0.29, 0.717) is 19.0 Å². The standard InChI is InChI=1S/C21H25ClN2O6S/c1-15(17-5-3-4-6-18(17)28-2)23-21(25)14-30-19-8-7-16(22)13-20(19)31(26,27)24-9-11-29-12-10-24/h3-8,13,15H,9-12,14H2,1-2H3,(H,23,25)/t15-/m1/s1. The number of carbonyl (C=O) groups excluding carboxylic acids is 1. The number of benzene rings is 2. The Bertz CT molecular complexity index is 1020. The van der Waals surface area contributed by atoms with Gasteiger partial charge in [-0.25, -0.2) is 8.42 Å². The summed E-state index contributed by atoms with van der Waals surface area (Å²) in [7, 11) is -2.28. The third kappa shape index (κ3) is 5.68. The highest BCUT2D eigenvalue weighted by Crippen LogP contribution is 2.30. The van der Waals surface area contributed by atoms with E-state index >= 15 is 0 Å². The average molecular weight is 469 g/mol.